The van der Waals surface area contributed by atoms with Crippen molar-refractivity contribution in [2.24, 2.45) is 5.92 Å². The second kappa shape index (κ2) is 13.2. The van der Waals surface area contributed by atoms with Crippen LogP contribution in [0.1, 0.15) is 69.2 Å². The molecule has 3 amide bonds. The molecule has 1 aromatic heterocycles. The number of hydrogen-bond acceptors (Lipinski definition) is 7. The molecule has 3 aromatic carbocycles. The zero-order valence-electron chi connectivity index (χ0n) is 26.2. The average Bonchev–Trinajstić information content (AvgIpc) is 3.55. The van der Waals surface area contributed by atoms with Gasteiger partial charge >= 0.3 is 0 Å². The van der Waals surface area contributed by atoms with Gasteiger partial charge in [0.2, 0.25) is 12.2 Å². The molecule has 4 aromatic rings. The Labute approximate surface area is 276 Å². The van der Waals surface area contributed by atoms with E-state index in [1.54, 1.807) is 48.0 Å². The van der Waals surface area contributed by atoms with Crippen molar-refractivity contribution < 1.29 is 33.8 Å². The normalized spacial score (nSPS) is 19.0. The lowest BCUT2D eigenvalue weighted by atomic mass is 9.80. The number of allylic oxidation sites excluding steroid dienone is 1. The molecule has 6 rings (SSSR count). The van der Waals surface area contributed by atoms with Crippen LogP contribution in [-0.4, -0.2) is 52.8 Å². The summed E-state index contributed by atoms with van der Waals surface area (Å²) in [6.07, 6.45) is 3.83. The summed E-state index contributed by atoms with van der Waals surface area (Å²) in [4.78, 5) is 53.6. The lowest BCUT2D eigenvalue weighted by molar-refractivity contribution is -0.164. The Kier molecular flexibility index (Phi) is 9.01. The highest BCUT2D eigenvalue weighted by atomic mass is 35.5. The highest BCUT2D eigenvalue weighted by Crippen LogP contribution is 2.43. The van der Waals surface area contributed by atoms with Crippen LogP contribution >= 0.6 is 11.6 Å². The second-order valence-electron chi connectivity index (χ2n) is 11.6. The maximum absolute atomic E-state index is 13.7. The first-order valence-corrected chi connectivity index (χ1v) is 15.8. The highest BCUT2D eigenvalue weighted by Gasteiger charge is 2.40. The van der Waals surface area contributed by atoms with Gasteiger partial charge in [-0.15, -0.1) is 0 Å². The van der Waals surface area contributed by atoms with Crippen LogP contribution in [0.25, 0.3) is 10.9 Å². The number of benzene rings is 3. The van der Waals surface area contributed by atoms with E-state index < -0.39 is 24.0 Å². The van der Waals surface area contributed by atoms with Gasteiger partial charge in [-0.3, -0.25) is 23.7 Å². The molecule has 3 heterocycles. The zero-order chi connectivity index (χ0) is 33.4. The van der Waals surface area contributed by atoms with E-state index >= 15 is 0 Å². The fraction of sp³-hybridized carbons (Fsp3) is 0.278. The summed E-state index contributed by atoms with van der Waals surface area (Å²) in [5.74, 6) is -2.14. The van der Waals surface area contributed by atoms with Gasteiger partial charge < -0.3 is 19.9 Å². The number of nitrogens with zero attached hydrogens (tertiary/aromatic N) is 2. The van der Waals surface area contributed by atoms with Gasteiger partial charge in [-0.2, -0.15) is 0 Å². The quantitative estimate of drug-likeness (QED) is 0.198. The van der Waals surface area contributed by atoms with E-state index in [0.29, 0.717) is 41.4 Å². The minimum absolute atomic E-state index is 0.0157. The molecule has 10 nitrogen and oxygen atoms in total. The van der Waals surface area contributed by atoms with Crippen LogP contribution in [0.4, 0.5) is 11.4 Å². The van der Waals surface area contributed by atoms with Crippen molar-refractivity contribution in [2.75, 3.05) is 23.4 Å². The molecular formula is C36H34ClN3O7. The number of anilines is 2. The van der Waals surface area contributed by atoms with Crippen LogP contribution in [0.3, 0.4) is 0 Å². The second-order valence-corrected chi connectivity index (χ2v) is 12.0. The lowest BCUT2D eigenvalue weighted by Gasteiger charge is -2.36. The molecule has 11 heteroatoms. The third-order valence-electron chi connectivity index (χ3n) is 8.62. The number of amides is 3. The Hall–Kier alpha value is -4.77. The van der Waals surface area contributed by atoms with Gasteiger partial charge in [0.25, 0.3) is 17.7 Å². The number of hydrogen-bond donors (Lipinski definition) is 2. The summed E-state index contributed by atoms with van der Waals surface area (Å²) >= 11 is 6.06. The number of carbonyl (C=O) groups is 4. The van der Waals surface area contributed by atoms with Crippen LogP contribution in [0, 0.1) is 12.8 Å². The third-order valence-corrected chi connectivity index (χ3v) is 8.86. The number of halogens is 1. The van der Waals surface area contributed by atoms with Crippen LogP contribution in [0.5, 0.6) is 0 Å². The van der Waals surface area contributed by atoms with E-state index in [0.717, 1.165) is 21.4 Å². The minimum Gasteiger partial charge on any atom is -0.459 e. The molecule has 0 spiro atoms. The zero-order valence-corrected chi connectivity index (χ0v) is 26.9. The number of carbonyl (C=O) groups excluding carboxylic acids is 4. The fourth-order valence-electron chi connectivity index (χ4n) is 6.46. The van der Waals surface area contributed by atoms with E-state index in [4.69, 9.17) is 21.1 Å². The summed E-state index contributed by atoms with van der Waals surface area (Å²) in [6.45, 7) is 5.41. The standard InChI is InChI=1S/C36H34ClN3O7/c1-4-46-36-26(9-7-15-41)27(29-19-39(21(3)42)31-10-6-5-8-24(29)31)18-32(47-36)33(43)38-23-12-14-30(20(2)16-23)40-34(44)25-13-11-22(37)17-28(25)35(40)45/h5-6,8,10-14,16-19,26-27,36,41H,4,7,9,15H2,1-3H3,(H,38,43)/t26-,27-,36+/m1/s1. The monoisotopic (exact) mass is 655 g/mol. The average molecular weight is 656 g/mol. The summed E-state index contributed by atoms with van der Waals surface area (Å²) in [7, 11) is 0. The predicted octanol–water partition coefficient (Wildman–Crippen LogP) is 6.45. The number of imide groups is 1. The van der Waals surface area contributed by atoms with Crippen molar-refractivity contribution >= 4 is 57.5 Å². The smallest absolute Gasteiger partial charge is 0.290 e. The van der Waals surface area contributed by atoms with E-state index in [2.05, 4.69) is 5.32 Å². The molecule has 0 unspecified atom stereocenters. The number of fused-ring (bicyclic) bond motifs is 2. The van der Waals surface area contributed by atoms with Crippen LogP contribution < -0.4 is 10.2 Å². The lowest BCUT2D eigenvalue weighted by Crippen LogP contribution is -2.37. The molecule has 242 valence electrons. The number of aliphatic hydroxyl groups is 1. The molecule has 3 atom stereocenters. The predicted molar refractivity (Wildman–Crippen MR) is 178 cm³/mol. The number of aliphatic hydroxyl groups excluding tert-OH is 1. The SMILES string of the molecule is CCO[C@H]1OC(C(=O)Nc2ccc(N3C(=O)c4ccc(Cl)cc4C3=O)c(C)c2)=C[C@@H](c2cn(C(C)=O)c3ccccc23)[C@H]1CCCO. The Balaban J connectivity index is 1.32. The summed E-state index contributed by atoms with van der Waals surface area (Å²) in [5, 5.41) is 13.8. The number of aromatic nitrogens is 1. The van der Waals surface area contributed by atoms with Crippen molar-refractivity contribution in [1.29, 1.82) is 0 Å². The van der Waals surface area contributed by atoms with Crippen molar-refractivity contribution in [2.45, 2.75) is 45.8 Å². The molecule has 0 bridgehead atoms. The molecule has 2 aliphatic heterocycles. The molecule has 0 radical (unpaired) electrons. The first kappa shape index (κ1) is 32.2. The number of para-hydroxylation sites is 1. The molecular weight excluding hydrogens is 622 g/mol. The number of aryl methyl sites for hydroxylation is 1. The van der Waals surface area contributed by atoms with Crippen LogP contribution in [0.2, 0.25) is 5.02 Å². The number of rotatable bonds is 9. The Morgan fingerprint density at radius 1 is 1.04 bits per heavy atom. The van der Waals surface area contributed by atoms with E-state index in [1.807, 2.05) is 31.2 Å². The topological polar surface area (TPSA) is 127 Å². The Bertz CT molecular complexity index is 1950. The first-order chi connectivity index (χ1) is 22.6. The molecule has 0 fully saturated rings. The maximum atomic E-state index is 13.7. The summed E-state index contributed by atoms with van der Waals surface area (Å²) < 4.78 is 13.8. The van der Waals surface area contributed by atoms with Crippen molar-refractivity contribution in [3.8, 4) is 0 Å². The van der Waals surface area contributed by atoms with Crippen molar-refractivity contribution in [1.82, 2.24) is 4.57 Å². The molecule has 0 saturated heterocycles. The van der Waals surface area contributed by atoms with Gasteiger partial charge in [0.05, 0.1) is 22.3 Å². The Morgan fingerprint density at radius 3 is 2.53 bits per heavy atom. The van der Waals surface area contributed by atoms with Crippen LogP contribution in [-0.2, 0) is 14.3 Å². The maximum Gasteiger partial charge on any atom is 0.290 e. The summed E-state index contributed by atoms with van der Waals surface area (Å²) in [6, 6.07) is 17.1. The molecule has 2 aliphatic rings. The van der Waals surface area contributed by atoms with Gasteiger partial charge in [0, 0.05) is 54.3 Å². The molecule has 0 saturated carbocycles. The first-order valence-electron chi connectivity index (χ1n) is 15.4. The van der Waals surface area contributed by atoms with E-state index in [-0.39, 0.29) is 41.2 Å². The fourth-order valence-corrected chi connectivity index (χ4v) is 6.63. The molecule has 47 heavy (non-hydrogen) atoms. The van der Waals surface area contributed by atoms with Gasteiger partial charge in [0.15, 0.2) is 5.76 Å². The third kappa shape index (κ3) is 5.95. The Morgan fingerprint density at radius 2 is 1.81 bits per heavy atom. The van der Waals surface area contributed by atoms with Gasteiger partial charge in [-0.1, -0.05) is 29.8 Å². The highest BCUT2D eigenvalue weighted by molar-refractivity contribution is 6.37. The van der Waals surface area contributed by atoms with E-state index in [1.165, 1.54) is 19.1 Å². The molecule has 2 N–H and O–H groups in total. The number of nitrogens with one attached hydrogen (secondary N) is 1. The minimum atomic E-state index is -0.784. The van der Waals surface area contributed by atoms with Crippen LogP contribution in [0.15, 0.2) is 78.7 Å². The van der Waals surface area contributed by atoms with Gasteiger partial charge in [0.1, 0.15) is 0 Å². The van der Waals surface area contributed by atoms with Gasteiger partial charge in [-0.25, -0.2) is 4.90 Å². The van der Waals surface area contributed by atoms with Crippen molar-refractivity contribution in [3.05, 3.63) is 106 Å². The molecule has 0 aliphatic carbocycles. The summed E-state index contributed by atoms with van der Waals surface area (Å²) in [5.41, 5.74) is 3.53. The number of ether oxygens (including phenoxy) is 2. The van der Waals surface area contributed by atoms with Gasteiger partial charge in [-0.05, 0) is 86.4 Å². The van der Waals surface area contributed by atoms with E-state index in [9.17, 15) is 24.3 Å². The largest absolute Gasteiger partial charge is 0.459 e. The van der Waals surface area contributed by atoms with Crippen molar-refractivity contribution in [3.63, 3.8) is 0 Å².